The molecule has 2 aliphatic rings. The SMILES string of the molecule is CC(C)Cc1cnc2c(c1)CCC1(CCC1)O2. The number of pyridine rings is 1. The van der Waals surface area contributed by atoms with E-state index in [0.29, 0.717) is 5.92 Å². The van der Waals surface area contributed by atoms with Crippen LogP contribution in [-0.4, -0.2) is 10.6 Å². The Morgan fingerprint density at radius 3 is 2.82 bits per heavy atom. The Morgan fingerprint density at radius 1 is 1.35 bits per heavy atom. The van der Waals surface area contributed by atoms with E-state index in [-0.39, 0.29) is 5.60 Å². The summed E-state index contributed by atoms with van der Waals surface area (Å²) in [6.07, 6.45) is 9.22. The van der Waals surface area contributed by atoms with Crippen molar-refractivity contribution in [2.75, 3.05) is 0 Å². The standard InChI is InChI=1S/C15H21NO/c1-11(2)8-12-9-13-4-7-15(5-3-6-15)17-14(13)16-10-12/h9-11H,3-8H2,1-2H3. The molecule has 0 bridgehead atoms. The summed E-state index contributed by atoms with van der Waals surface area (Å²) in [6, 6.07) is 2.30. The molecule has 1 saturated carbocycles. The van der Waals surface area contributed by atoms with Gasteiger partial charge in [0.1, 0.15) is 5.60 Å². The van der Waals surface area contributed by atoms with Crippen LogP contribution in [0.4, 0.5) is 0 Å². The summed E-state index contributed by atoms with van der Waals surface area (Å²) in [6.45, 7) is 4.50. The van der Waals surface area contributed by atoms with Crippen LogP contribution >= 0.6 is 0 Å². The molecule has 0 radical (unpaired) electrons. The van der Waals surface area contributed by atoms with Gasteiger partial charge in [0.05, 0.1) is 0 Å². The van der Waals surface area contributed by atoms with Crippen molar-refractivity contribution in [3.05, 3.63) is 23.4 Å². The van der Waals surface area contributed by atoms with E-state index in [0.717, 1.165) is 18.7 Å². The van der Waals surface area contributed by atoms with Crippen molar-refractivity contribution in [1.29, 1.82) is 0 Å². The average Bonchev–Trinajstić information content (AvgIpc) is 2.25. The van der Waals surface area contributed by atoms with Crippen LogP contribution in [0.2, 0.25) is 0 Å². The largest absolute Gasteiger partial charge is 0.471 e. The number of fused-ring (bicyclic) bond motifs is 1. The molecule has 2 heteroatoms. The maximum Gasteiger partial charge on any atom is 0.217 e. The van der Waals surface area contributed by atoms with Crippen LogP contribution in [0.25, 0.3) is 0 Å². The number of hydrogen-bond donors (Lipinski definition) is 0. The van der Waals surface area contributed by atoms with E-state index < -0.39 is 0 Å². The molecule has 2 heterocycles. The maximum atomic E-state index is 6.10. The molecule has 0 aromatic carbocycles. The fraction of sp³-hybridized carbons (Fsp3) is 0.667. The number of aromatic nitrogens is 1. The Labute approximate surface area is 103 Å². The molecule has 1 aromatic heterocycles. The second-order valence-electron chi connectivity index (χ2n) is 6.04. The van der Waals surface area contributed by atoms with Crippen LogP contribution in [-0.2, 0) is 12.8 Å². The second-order valence-corrected chi connectivity index (χ2v) is 6.04. The lowest BCUT2D eigenvalue weighted by atomic mass is 9.75. The van der Waals surface area contributed by atoms with Crippen LogP contribution in [0.3, 0.4) is 0 Å². The van der Waals surface area contributed by atoms with Gasteiger partial charge in [0.2, 0.25) is 5.88 Å². The van der Waals surface area contributed by atoms with Crippen molar-refractivity contribution >= 4 is 0 Å². The minimum absolute atomic E-state index is 0.166. The third-order valence-corrected chi connectivity index (χ3v) is 4.05. The second kappa shape index (κ2) is 4.01. The third-order valence-electron chi connectivity index (χ3n) is 4.05. The fourth-order valence-corrected chi connectivity index (χ4v) is 2.94. The molecule has 0 saturated heterocycles. The van der Waals surface area contributed by atoms with Gasteiger partial charge in [-0.15, -0.1) is 0 Å². The number of ether oxygens (including phenoxy) is 1. The number of rotatable bonds is 2. The van der Waals surface area contributed by atoms with Gasteiger partial charge in [-0.05, 0) is 56.1 Å². The molecule has 17 heavy (non-hydrogen) atoms. The lowest BCUT2D eigenvalue weighted by molar-refractivity contribution is -0.0290. The van der Waals surface area contributed by atoms with E-state index in [9.17, 15) is 0 Å². The molecule has 1 aromatic rings. The molecule has 92 valence electrons. The fourth-order valence-electron chi connectivity index (χ4n) is 2.94. The van der Waals surface area contributed by atoms with Gasteiger partial charge in [-0.25, -0.2) is 4.98 Å². The Morgan fingerprint density at radius 2 is 2.18 bits per heavy atom. The van der Waals surface area contributed by atoms with Gasteiger partial charge in [-0.2, -0.15) is 0 Å². The molecule has 1 aliphatic heterocycles. The molecule has 0 unspecified atom stereocenters. The van der Waals surface area contributed by atoms with Crippen LogP contribution in [0.5, 0.6) is 5.88 Å². The lowest BCUT2D eigenvalue weighted by Crippen LogP contribution is -2.46. The van der Waals surface area contributed by atoms with Crippen molar-refractivity contribution < 1.29 is 4.74 Å². The van der Waals surface area contributed by atoms with Gasteiger partial charge in [0, 0.05) is 11.8 Å². The first kappa shape index (κ1) is 11.1. The molecular weight excluding hydrogens is 210 g/mol. The number of nitrogens with zero attached hydrogens (tertiary/aromatic N) is 1. The summed E-state index contributed by atoms with van der Waals surface area (Å²) in [5, 5.41) is 0. The highest BCUT2D eigenvalue weighted by Crippen LogP contribution is 2.44. The van der Waals surface area contributed by atoms with Gasteiger partial charge in [-0.3, -0.25) is 0 Å². The summed E-state index contributed by atoms with van der Waals surface area (Å²) < 4.78 is 6.10. The predicted molar refractivity (Wildman–Crippen MR) is 68.3 cm³/mol. The summed E-state index contributed by atoms with van der Waals surface area (Å²) in [7, 11) is 0. The van der Waals surface area contributed by atoms with Crippen molar-refractivity contribution in [3.63, 3.8) is 0 Å². The molecule has 2 nitrogen and oxygen atoms in total. The molecule has 0 N–H and O–H groups in total. The summed E-state index contributed by atoms with van der Waals surface area (Å²) in [5.41, 5.74) is 2.84. The van der Waals surface area contributed by atoms with E-state index in [4.69, 9.17) is 4.74 Å². The Bertz CT molecular complexity index is 421. The Kier molecular flexibility index (Phi) is 2.61. The quantitative estimate of drug-likeness (QED) is 0.777. The van der Waals surface area contributed by atoms with E-state index in [2.05, 4.69) is 24.9 Å². The highest BCUT2D eigenvalue weighted by molar-refractivity contribution is 5.33. The van der Waals surface area contributed by atoms with E-state index in [1.54, 1.807) is 0 Å². The third kappa shape index (κ3) is 2.05. The Hall–Kier alpha value is -1.05. The van der Waals surface area contributed by atoms with E-state index in [1.807, 2.05) is 6.20 Å². The average molecular weight is 231 g/mol. The normalized spacial score (nSPS) is 20.9. The van der Waals surface area contributed by atoms with Crippen molar-refractivity contribution in [3.8, 4) is 5.88 Å². The molecule has 0 atom stereocenters. The van der Waals surface area contributed by atoms with E-state index in [1.165, 1.54) is 36.8 Å². The van der Waals surface area contributed by atoms with Crippen molar-refractivity contribution in [2.45, 2.75) is 58.0 Å². The van der Waals surface area contributed by atoms with Crippen molar-refractivity contribution in [1.82, 2.24) is 4.98 Å². The molecule has 1 fully saturated rings. The molecule has 0 amide bonds. The minimum atomic E-state index is 0.166. The van der Waals surface area contributed by atoms with Gasteiger partial charge in [0.15, 0.2) is 0 Å². The van der Waals surface area contributed by atoms with Crippen LogP contribution in [0.1, 0.15) is 50.7 Å². The summed E-state index contributed by atoms with van der Waals surface area (Å²) in [5.74, 6) is 1.60. The summed E-state index contributed by atoms with van der Waals surface area (Å²) >= 11 is 0. The number of hydrogen-bond acceptors (Lipinski definition) is 2. The molecular formula is C15H21NO. The van der Waals surface area contributed by atoms with Crippen LogP contribution in [0, 0.1) is 5.92 Å². The first-order chi connectivity index (χ1) is 8.17. The predicted octanol–water partition coefficient (Wildman–Crippen LogP) is 3.53. The smallest absolute Gasteiger partial charge is 0.217 e. The Balaban J connectivity index is 1.81. The minimum Gasteiger partial charge on any atom is -0.471 e. The summed E-state index contributed by atoms with van der Waals surface area (Å²) in [4.78, 5) is 4.53. The molecule has 1 spiro atoms. The topological polar surface area (TPSA) is 22.1 Å². The van der Waals surface area contributed by atoms with Gasteiger partial charge >= 0.3 is 0 Å². The highest BCUT2D eigenvalue weighted by atomic mass is 16.5. The van der Waals surface area contributed by atoms with Crippen LogP contribution in [0.15, 0.2) is 12.3 Å². The van der Waals surface area contributed by atoms with Crippen LogP contribution < -0.4 is 4.74 Å². The maximum absolute atomic E-state index is 6.10. The lowest BCUT2D eigenvalue weighted by Gasteiger charge is -2.44. The van der Waals surface area contributed by atoms with Crippen molar-refractivity contribution in [2.24, 2.45) is 5.92 Å². The van der Waals surface area contributed by atoms with Gasteiger partial charge in [0.25, 0.3) is 0 Å². The molecule has 3 rings (SSSR count). The highest BCUT2D eigenvalue weighted by Gasteiger charge is 2.42. The van der Waals surface area contributed by atoms with E-state index >= 15 is 0 Å². The zero-order valence-corrected chi connectivity index (χ0v) is 10.8. The zero-order chi connectivity index (χ0) is 11.9. The molecule has 1 aliphatic carbocycles. The first-order valence-electron chi connectivity index (χ1n) is 6.84. The van der Waals surface area contributed by atoms with Gasteiger partial charge < -0.3 is 4.74 Å². The van der Waals surface area contributed by atoms with Gasteiger partial charge in [-0.1, -0.05) is 13.8 Å². The number of aryl methyl sites for hydroxylation is 1. The first-order valence-corrected chi connectivity index (χ1v) is 6.84. The zero-order valence-electron chi connectivity index (χ0n) is 10.8. The monoisotopic (exact) mass is 231 g/mol.